The van der Waals surface area contributed by atoms with Gasteiger partial charge in [-0.2, -0.15) is 5.10 Å². The molecule has 0 bridgehead atoms. The van der Waals surface area contributed by atoms with Crippen LogP contribution in [0.2, 0.25) is 5.02 Å². The third-order valence-electron chi connectivity index (χ3n) is 3.79. The number of anilines is 1. The van der Waals surface area contributed by atoms with Gasteiger partial charge in [0.1, 0.15) is 5.02 Å². The van der Waals surface area contributed by atoms with E-state index < -0.39 is 16.7 Å². The van der Waals surface area contributed by atoms with Crippen molar-refractivity contribution in [2.75, 3.05) is 5.32 Å². The summed E-state index contributed by atoms with van der Waals surface area (Å²) in [7, 11) is 0. The molecule has 0 unspecified atom stereocenters. The van der Waals surface area contributed by atoms with Gasteiger partial charge in [0.25, 0.3) is 5.69 Å². The third-order valence-corrected chi connectivity index (χ3v) is 4.11. The molecule has 9 heteroatoms. The van der Waals surface area contributed by atoms with Gasteiger partial charge in [0, 0.05) is 22.7 Å². The van der Waals surface area contributed by atoms with Gasteiger partial charge in [-0.1, -0.05) is 54.1 Å². The highest BCUT2D eigenvalue weighted by Gasteiger charge is 2.15. The largest absolute Gasteiger partial charge is 0.329 e. The second-order valence-corrected chi connectivity index (χ2v) is 6.06. The summed E-state index contributed by atoms with van der Waals surface area (Å²) in [6.07, 6.45) is 1.17. The average molecular weight is 397 g/mol. The predicted molar refractivity (Wildman–Crippen MR) is 106 cm³/mol. The Morgan fingerprint density at radius 3 is 2.57 bits per heavy atom. The van der Waals surface area contributed by atoms with E-state index >= 15 is 0 Å². The maximum Gasteiger partial charge on any atom is 0.329 e. The molecule has 0 heterocycles. The third kappa shape index (κ3) is 4.30. The molecule has 0 aliphatic heterocycles. The Kier molecular flexibility index (Phi) is 5.61. The van der Waals surface area contributed by atoms with Gasteiger partial charge in [-0.3, -0.25) is 19.7 Å². The number of amides is 2. The van der Waals surface area contributed by atoms with Gasteiger partial charge in [0.15, 0.2) is 0 Å². The fraction of sp³-hybridized carbons (Fsp3) is 0. The molecule has 2 N–H and O–H groups in total. The lowest BCUT2D eigenvalue weighted by Crippen LogP contribution is -2.32. The topological polar surface area (TPSA) is 114 Å². The second kappa shape index (κ2) is 8.28. The van der Waals surface area contributed by atoms with Crippen molar-refractivity contribution >= 4 is 51.8 Å². The first-order chi connectivity index (χ1) is 13.5. The van der Waals surface area contributed by atoms with Crippen molar-refractivity contribution in [3.8, 4) is 0 Å². The molecule has 3 aromatic carbocycles. The minimum absolute atomic E-state index is 0.0133. The van der Waals surface area contributed by atoms with Crippen LogP contribution in [0, 0.1) is 10.1 Å². The fourth-order valence-electron chi connectivity index (χ4n) is 2.48. The van der Waals surface area contributed by atoms with Gasteiger partial charge < -0.3 is 5.32 Å². The molecule has 3 rings (SSSR count). The smallest absolute Gasteiger partial charge is 0.317 e. The molecular weight excluding hydrogens is 384 g/mol. The number of fused-ring (bicyclic) bond motifs is 1. The van der Waals surface area contributed by atoms with Crippen LogP contribution in [0.1, 0.15) is 5.56 Å². The first kappa shape index (κ1) is 19.0. The molecule has 2 amide bonds. The molecule has 3 aromatic rings. The zero-order valence-corrected chi connectivity index (χ0v) is 15.0. The molecule has 0 spiro atoms. The SMILES string of the molecule is O=C(N/N=C\c1ccc(Cl)c([N+](=O)[O-])c1)C(=O)Nc1cccc2ccccc12. The predicted octanol–water partition coefficient (Wildman–Crippen LogP) is 3.49. The Labute approximate surface area is 164 Å². The lowest BCUT2D eigenvalue weighted by atomic mass is 10.1. The number of halogens is 1. The minimum Gasteiger partial charge on any atom is -0.317 e. The Bertz CT molecular complexity index is 1110. The van der Waals surface area contributed by atoms with Gasteiger partial charge in [-0.25, -0.2) is 5.43 Å². The number of nitro benzene ring substituents is 1. The summed E-state index contributed by atoms with van der Waals surface area (Å²) >= 11 is 5.73. The first-order valence-corrected chi connectivity index (χ1v) is 8.39. The number of hydrogen-bond donors (Lipinski definition) is 2. The van der Waals surface area contributed by atoms with Crippen LogP contribution in [0.15, 0.2) is 65.8 Å². The number of nitrogens with one attached hydrogen (secondary N) is 2. The molecule has 0 fully saturated rings. The molecule has 0 saturated carbocycles. The van der Waals surface area contributed by atoms with Crippen LogP contribution in [0.25, 0.3) is 10.8 Å². The van der Waals surface area contributed by atoms with E-state index in [9.17, 15) is 19.7 Å². The van der Waals surface area contributed by atoms with E-state index in [0.717, 1.165) is 10.8 Å². The normalized spacial score (nSPS) is 10.8. The lowest BCUT2D eigenvalue weighted by Gasteiger charge is -2.07. The Morgan fingerprint density at radius 1 is 1.04 bits per heavy atom. The van der Waals surface area contributed by atoms with Crippen molar-refractivity contribution in [2.45, 2.75) is 0 Å². The van der Waals surface area contributed by atoms with Crippen LogP contribution in [-0.2, 0) is 9.59 Å². The monoisotopic (exact) mass is 396 g/mol. The highest BCUT2D eigenvalue weighted by molar-refractivity contribution is 6.40. The molecule has 0 aliphatic carbocycles. The number of nitro groups is 1. The van der Waals surface area contributed by atoms with Gasteiger partial charge in [-0.05, 0) is 17.5 Å². The lowest BCUT2D eigenvalue weighted by molar-refractivity contribution is -0.384. The molecule has 0 radical (unpaired) electrons. The van der Waals surface area contributed by atoms with E-state index in [2.05, 4.69) is 15.8 Å². The highest BCUT2D eigenvalue weighted by Crippen LogP contribution is 2.24. The first-order valence-electron chi connectivity index (χ1n) is 8.02. The zero-order valence-electron chi connectivity index (χ0n) is 14.3. The van der Waals surface area contributed by atoms with E-state index in [1.807, 2.05) is 30.3 Å². The number of rotatable bonds is 4. The van der Waals surface area contributed by atoms with Crippen LogP contribution in [-0.4, -0.2) is 23.0 Å². The number of nitrogens with zero attached hydrogens (tertiary/aromatic N) is 2. The number of hydrazone groups is 1. The van der Waals surface area contributed by atoms with E-state index in [1.54, 1.807) is 12.1 Å². The summed E-state index contributed by atoms with van der Waals surface area (Å²) in [6.45, 7) is 0. The highest BCUT2D eigenvalue weighted by atomic mass is 35.5. The summed E-state index contributed by atoms with van der Waals surface area (Å²) in [5, 5.41) is 18.7. The van der Waals surface area contributed by atoms with Crippen molar-refractivity contribution in [2.24, 2.45) is 5.10 Å². The quantitative estimate of drug-likeness (QED) is 0.304. The van der Waals surface area contributed by atoms with Crippen LogP contribution in [0.3, 0.4) is 0 Å². The average Bonchev–Trinajstić information content (AvgIpc) is 2.69. The fourth-order valence-corrected chi connectivity index (χ4v) is 2.67. The van der Waals surface area contributed by atoms with E-state index in [1.165, 1.54) is 24.4 Å². The van der Waals surface area contributed by atoms with Crippen molar-refractivity contribution in [1.29, 1.82) is 0 Å². The second-order valence-electron chi connectivity index (χ2n) is 5.65. The number of benzene rings is 3. The molecule has 0 atom stereocenters. The number of hydrogen-bond acceptors (Lipinski definition) is 5. The zero-order chi connectivity index (χ0) is 20.1. The Morgan fingerprint density at radius 2 is 1.79 bits per heavy atom. The summed E-state index contributed by atoms with van der Waals surface area (Å²) in [4.78, 5) is 34.3. The molecule has 0 aromatic heterocycles. The molecule has 8 nitrogen and oxygen atoms in total. The summed E-state index contributed by atoms with van der Waals surface area (Å²) < 4.78 is 0. The van der Waals surface area contributed by atoms with Gasteiger partial charge in [0.2, 0.25) is 0 Å². The molecule has 0 aliphatic rings. The molecule has 28 heavy (non-hydrogen) atoms. The van der Waals surface area contributed by atoms with E-state index in [0.29, 0.717) is 11.3 Å². The van der Waals surface area contributed by atoms with E-state index in [4.69, 9.17) is 11.6 Å². The summed E-state index contributed by atoms with van der Waals surface area (Å²) in [6, 6.07) is 16.8. The van der Waals surface area contributed by atoms with Crippen molar-refractivity contribution in [3.63, 3.8) is 0 Å². The van der Waals surface area contributed by atoms with Crippen LogP contribution >= 0.6 is 11.6 Å². The van der Waals surface area contributed by atoms with Crippen LogP contribution < -0.4 is 10.7 Å². The minimum atomic E-state index is -0.979. The number of carbonyl (C=O) groups is 2. The van der Waals surface area contributed by atoms with Crippen molar-refractivity contribution in [3.05, 3.63) is 81.4 Å². The van der Waals surface area contributed by atoms with Crippen LogP contribution in [0.5, 0.6) is 0 Å². The van der Waals surface area contributed by atoms with E-state index in [-0.39, 0.29) is 10.7 Å². The van der Waals surface area contributed by atoms with Crippen molar-refractivity contribution < 1.29 is 14.5 Å². The molecule has 140 valence electrons. The van der Waals surface area contributed by atoms with Gasteiger partial charge in [0.05, 0.1) is 11.1 Å². The number of carbonyl (C=O) groups excluding carboxylic acids is 2. The standard InChI is InChI=1S/C19H13ClN4O4/c20-15-9-8-12(10-17(15)24(27)28)11-21-23-19(26)18(25)22-16-7-3-5-13-4-1-2-6-14(13)16/h1-11H,(H,22,25)(H,23,26)/b21-11-. The maximum absolute atomic E-state index is 12.1. The van der Waals surface area contributed by atoms with Crippen molar-refractivity contribution in [1.82, 2.24) is 5.43 Å². The Balaban J connectivity index is 1.66. The maximum atomic E-state index is 12.1. The summed E-state index contributed by atoms with van der Waals surface area (Å²) in [5.41, 5.74) is 2.63. The molecular formula is C19H13ClN4O4. The van der Waals surface area contributed by atoms with Gasteiger partial charge >= 0.3 is 11.8 Å². The molecule has 0 saturated heterocycles. The van der Waals surface area contributed by atoms with Crippen LogP contribution in [0.4, 0.5) is 11.4 Å². The van der Waals surface area contributed by atoms with Gasteiger partial charge in [-0.15, -0.1) is 0 Å². The Hall–Kier alpha value is -3.78. The summed E-state index contributed by atoms with van der Waals surface area (Å²) in [5.74, 6) is -1.87.